The summed E-state index contributed by atoms with van der Waals surface area (Å²) in [5, 5.41) is 9.92. The molecule has 0 bridgehead atoms. The van der Waals surface area contributed by atoms with Gasteiger partial charge in [-0.15, -0.1) is 0 Å². The molecule has 1 aliphatic rings. The number of aliphatic hydroxyl groups is 1. The molecule has 0 unspecified atom stereocenters. The Morgan fingerprint density at radius 2 is 1.75 bits per heavy atom. The first-order chi connectivity index (χ1) is 5.56. The minimum absolute atomic E-state index is 0.137. The van der Waals surface area contributed by atoms with Gasteiger partial charge in [-0.05, 0) is 12.8 Å². The molecule has 0 aromatic rings. The van der Waals surface area contributed by atoms with E-state index in [1.165, 1.54) is 4.90 Å². The largest absolute Gasteiger partial charge is 0.380 e. The average Bonchev–Trinajstić information content (AvgIpc) is 2.04. The molecule has 0 aromatic heterocycles. The van der Waals surface area contributed by atoms with Crippen molar-refractivity contribution in [2.24, 2.45) is 0 Å². The van der Waals surface area contributed by atoms with Crippen LogP contribution in [0.1, 0.15) is 32.1 Å². The van der Waals surface area contributed by atoms with Crippen molar-refractivity contribution in [3.63, 3.8) is 0 Å². The van der Waals surface area contributed by atoms with Crippen LogP contribution in [0.4, 0.5) is 0 Å². The molecule has 0 saturated heterocycles. The summed E-state index contributed by atoms with van der Waals surface area (Å²) in [4.78, 5) is 13.0. The quantitative estimate of drug-likeness (QED) is 0.633. The van der Waals surface area contributed by atoms with E-state index in [1.54, 1.807) is 14.1 Å². The molecule has 1 N–H and O–H groups in total. The van der Waals surface area contributed by atoms with Gasteiger partial charge in [0.1, 0.15) is 5.60 Å². The molecule has 70 valence electrons. The maximum absolute atomic E-state index is 11.5. The van der Waals surface area contributed by atoms with Crippen LogP contribution in [0.3, 0.4) is 0 Å². The van der Waals surface area contributed by atoms with E-state index < -0.39 is 5.60 Å². The zero-order chi connectivity index (χ0) is 9.19. The van der Waals surface area contributed by atoms with Crippen LogP contribution in [0.2, 0.25) is 0 Å². The first-order valence-electron chi connectivity index (χ1n) is 4.50. The van der Waals surface area contributed by atoms with Crippen LogP contribution < -0.4 is 0 Å². The molecule has 1 rings (SSSR count). The van der Waals surface area contributed by atoms with Crippen LogP contribution in [0.15, 0.2) is 0 Å². The summed E-state index contributed by atoms with van der Waals surface area (Å²) >= 11 is 0. The Kier molecular flexibility index (Phi) is 2.73. The lowest BCUT2D eigenvalue weighted by Gasteiger charge is -2.32. The first-order valence-corrected chi connectivity index (χ1v) is 4.50. The second-order valence-corrected chi connectivity index (χ2v) is 3.79. The van der Waals surface area contributed by atoms with Crippen molar-refractivity contribution in [2.45, 2.75) is 37.7 Å². The Bertz CT molecular complexity index is 171. The van der Waals surface area contributed by atoms with E-state index >= 15 is 0 Å². The molecular weight excluding hydrogens is 154 g/mol. The fourth-order valence-electron chi connectivity index (χ4n) is 1.77. The van der Waals surface area contributed by atoms with E-state index in [-0.39, 0.29) is 5.91 Å². The predicted octanol–water partition coefficient (Wildman–Crippen LogP) is 0.770. The molecule has 3 heteroatoms. The van der Waals surface area contributed by atoms with E-state index in [4.69, 9.17) is 0 Å². The number of nitrogens with zero attached hydrogens (tertiary/aromatic N) is 1. The van der Waals surface area contributed by atoms with Gasteiger partial charge < -0.3 is 10.0 Å². The molecule has 3 nitrogen and oxygen atoms in total. The zero-order valence-corrected chi connectivity index (χ0v) is 7.84. The molecule has 0 atom stereocenters. The van der Waals surface area contributed by atoms with Crippen LogP contribution in [-0.2, 0) is 4.79 Å². The number of carbonyl (C=O) groups excluding carboxylic acids is 1. The van der Waals surface area contributed by atoms with E-state index in [0.717, 1.165) is 19.3 Å². The summed E-state index contributed by atoms with van der Waals surface area (Å²) in [5.74, 6) is -0.137. The highest BCUT2D eigenvalue weighted by Crippen LogP contribution is 2.29. The normalized spacial score (nSPS) is 21.9. The van der Waals surface area contributed by atoms with Gasteiger partial charge in [0.25, 0.3) is 5.91 Å². The molecule has 1 aliphatic carbocycles. The molecule has 1 saturated carbocycles. The van der Waals surface area contributed by atoms with Crippen molar-refractivity contribution in [3.05, 3.63) is 0 Å². The molecule has 0 aliphatic heterocycles. The summed E-state index contributed by atoms with van der Waals surface area (Å²) in [6.07, 6.45) is 4.34. The van der Waals surface area contributed by atoms with Gasteiger partial charge >= 0.3 is 0 Å². The van der Waals surface area contributed by atoms with Crippen LogP contribution in [-0.4, -0.2) is 35.6 Å². The van der Waals surface area contributed by atoms with Gasteiger partial charge in [0.15, 0.2) is 0 Å². The highest BCUT2D eigenvalue weighted by Gasteiger charge is 2.37. The van der Waals surface area contributed by atoms with Gasteiger partial charge in [0.05, 0.1) is 0 Å². The number of hydrogen-bond acceptors (Lipinski definition) is 2. The Morgan fingerprint density at radius 3 is 2.17 bits per heavy atom. The van der Waals surface area contributed by atoms with Crippen molar-refractivity contribution in [1.82, 2.24) is 4.90 Å². The molecule has 0 heterocycles. The molecule has 1 fully saturated rings. The third-order valence-corrected chi connectivity index (χ3v) is 2.48. The maximum atomic E-state index is 11.5. The lowest BCUT2D eigenvalue weighted by atomic mass is 9.84. The number of amides is 1. The number of hydrogen-bond donors (Lipinski definition) is 1. The van der Waals surface area contributed by atoms with E-state index in [0.29, 0.717) is 12.8 Å². The van der Waals surface area contributed by atoms with Crippen LogP contribution in [0, 0.1) is 0 Å². The Hall–Kier alpha value is -0.570. The van der Waals surface area contributed by atoms with Gasteiger partial charge in [0, 0.05) is 14.1 Å². The summed E-state index contributed by atoms with van der Waals surface area (Å²) in [6, 6.07) is 0. The minimum atomic E-state index is -1.05. The number of likely N-dealkylation sites (N-methyl/N-ethyl adjacent to an activating group) is 1. The second-order valence-electron chi connectivity index (χ2n) is 3.79. The average molecular weight is 171 g/mol. The van der Waals surface area contributed by atoms with E-state index in [2.05, 4.69) is 0 Å². The number of rotatable bonds is 1. The predicted molar refractivity (Wildman–Crippen MR) is 46.7 cm³/mol. The van der Waals surface area contributed by atoms with E-state index in [9.17, 15) is 9.90 Å². The Labute approximate surface area is 73.4 Å². The molecule has 1 amide bonds. The summed E-state index contributed by atoms with van der Waals surface area (Å²) in [7, 11) is 3.38. The summed E-state index contributed by atoms with van der Waals surface area (Å²) in [5.41, 5.74) is -1.05. The Morgan fingerprint density at radius 1 is 1.25 bits per heavy atom. The fraction of sp³-hybridized carbons (Fsp3) is 0.889. The van der Waals surface area contributed by atoms with E-state index in [1.807, 2.05) is 0 Å². The van der Waals surface area contributed by atoms with Crippen LogP contribution in [0.25, 0.3) is 0 Å². The maximum Gasteiger partial charge on any atom is 0.254 e. The van der Waals surface area contributed by atoms with Crippen molar-refractivity contribution < 1.29 is 9.90 Å². The minimum Gasteiger partial charge on any atom is -0.380 e. The van der Waals surface area contributed by atoms with Crippen molar-refractivity contribution in [3.8, 4) is 0 Å². The van der Waals surface area contributed by atoms with Crippen LogP contribution in [0.5, 0.6) is 0 Å². The van der Waals surface area contributed by atoms with Gasteiger partial charge in [0.2, 0.25) is 0 Å². The van der Waals surface area contributed by atoms with Crippen LogP contribution >= 0.6 is 0 Å². The van der Waals surface area contributed by atoms with Gasteiger partial charge in [-0.2, -0.15) is 0 Å². The molecule has 12 heavy (non-hydrogen) atoms. The summed E-state index contributed by atoms with van der Waals surface area (Å²) in [6.45, 7) is 0. The Balaban J connectivity index is 2.62. The van der Waals surface area contributed by atoms with Gasteiger partial charge in [-0.25, -0.2) is 0 Å². The summed E-state index contributed by atoms with van der Waals surface area (Å²) < 4.78 is 0. The lowest BCUT2D eigenvalue weighted by molar-refractivity contribution is -0.151. The fourth-order valence-corrected chi connectivity index (χ4v) is 1.77. The lowest BCUT2D eigenvalue weighted by Crippen LogP contribution is -2.47. The monoisotopic (exact) mass is 171 g/mol. The molecule has 0 radical (unpaired) electrons. The van der Waals surface area contributed by atoms with Crippen molar-refractivity contribution in [2.75, 3.05) is 14.1 Å². The van der Waals surface area contributed by atoms with Crippen molar-refractivity contribution in [1.29, 1.82) is 0 Å². The number of carbonyl (C=O) groups is 1. The third-order valence-electron chi connectivity index (χ3n) is 2.48. The first kappa shape index (κ1) is 9.52. The topological polar surface area (TPSA) is 40.5 Å². The molecular formula is C9H17NO2. The smallest absolute Gasteiger partial charge is 0.254 e. The zero-order valence-electron chi connectivity index (χ0n) is 7.84. The van der Waals surface area contributed by atoms with Crippen molar-refractivity contribution >= 4 is 5.91 Å². The molecule has 0 aromatic carbocycles. The molecule has 0 spiro atoms. The highest BCUT2D eigenvalue weighted by atomic mass is 16.3. The standard InChI is InChI=1S/C9H17NO2/c1-10(2)8(11)9(12)6-4-3-5-7-9/h12H,3-7H2,1-2H3. The van der Waals surface area contributed by atoms with Gasteiger partial charge in [-0.3, -0.25) is 4.79 Å². The second kappa shape index (κ2) is 3.44. The van der Waals surface area contributed by atoms with Gasteiger partial charge in [-0.1, -0.05) is 19.3 Å². The highest BCUT2D eigenvalue weighted by molar-refractivity contribution is 5.84. The third kappa shape index (κ3) is 1.78. The SMILES string of the molecule is CN(C)C(=O)C1(O)CCCCC1.